The Morgan fingerprint density at radius 2 is 1.71 bits per heavy atom. The van der Waals surface area contributed by atoms with Crippen molar-refractivity contribution in [1.29, 1.82) is 0 Å². The summed E-state index contributed by atoms with van der Waals surface area (Å²) in [4.78, 5) is 18.1. The molecule has 1 amide bonds. The number of piperidine rings is 1. The number of aryl methyl sites for hydroxylation is 1. The second-order valence-corrected chi connectivity index (χ2v) is 9.38. The van der Waals surface area contributed by atoms with Crippen LogP contribution >= 0.6 is 0 Å². The second-order valence-electron chi connectivity index (χ2n) is 9.38. The molecule has 4 heteroatoms. The summed E-state index contributed by atoms with van der Waals surface area (Å²) in [7, 11) is 3.88. The predicted octanol–water partition coefficient (Wildman–Crippen LogP) is 5.17. The Morgan fingerprint density at radius 3 is 2.35 bits per heavy atom. The van der Waals surface area contributed by atoms with Gasteiger partial charge in [-0.3, -0.25) is 4.79 Å². The highest BCUT2D eigenvalue weighted by molar-refractivity contribution is 5.85. The van der Waals surface area contributed by atoms with Crippen molar-refractivity contribution in [1.82, 2.24) is 4.90 Å². The maximum Gasteiger partial charge on any atom is 0.254 e. The number of ether oxygens (including phenoxy) is 1. The third-order valence-electron chi connectivity index (χ3n) is 7.52. The normalized spacial score (nSPS) is 26.5. The van der Waals surface area contributed by atoms with Gasteiger partial charge in [0, 0.05) is 39.0 Å². The average Bonchev–Trinajstić information content (AvgIpc) is 2.84. The topological polar surface area (TPSA) is 32.8 Å². The van der Waals surface area contributed by atoms with Crippen LogP contribution in [0.3, 0.4) is 0 Å². The molecule has 166 valence electrons. The van der Waals surface area contributed by atoms with E-state index in [4.69, 9.17) is 4.74 Å². The van der Waals surface area contributed by atoms with Crippen LogP contribution in [-0.4, -0.2) is 49.7 Å². The molecule has 0 spiro atoms. The zero-order valence-electron chi connectivity index (χ0n) is 19.2. The van der Waals surface area contributed by atoms with Crippen LogP contribution in [0.1, 0.15) is 55.6 Å². The first kappa shape index (κ1) is 21.9. The molecule has 1 heterocycles. The van der Waals surface area contributed by atoms with E-state index in [1.807, 2.05) is 0 Å². The van der Waals surface area contributed by atoms with E-state index >= 15 is 0 Å². The van der Waals surface area contributed by atoms with Gasteiger partial charge in [0.1, 0.15) is 5.60 Å². The lowest BCUT2D eigenvalue weighted by atomic mass is 9.75. The maximum absolute atomic E-state index is 13.7. The van der Waals surface area contributed by atoms with Crippen LogP contribution in [0.25, 0.3) is 0 Å². The Bertz CT molecular complexity index is 857. The molecule has 1 atom stereocenters. The second kappa shape index (κ2) is 9.44. The summed E-state index contributed by atoms with van der Waals surface area (Å²) in [6.07, 6.45) is 5.77. The van der Waals surface area contributed by atoms with Gasteiger partial charge in [-0.25, -0.2) is 0 Å². The predicted molar refractivity (Wildman–Crippen MR) is 127 cm³/mol. The summed E-state index contributed by atoms with van der Waals surface area (Å²) in [6.45, 7) is 3.72. The van der Waals surface area contributed by atoms with Crippen LogP contribution in [0.5, 0.6) is 0 Å². The van der Waals surface area contributed by atoms with Gasteiger partial charge in [-0.2, -0.15) is 0 Å². The van der Waals surface area contributed by atoms with Crippen LogP contribution in [0.15, 0.2) is 54.6 Å². The number of hydrogen-bond donors (Lipinski definition) is 0. The Balaban J connectivity index is 1.42. The highest BCUT2D eigenvalue weighted by atomic mass is 16.5. The number of nitrogens with zero attached hydrogens (tertiary/aromatic N) is 2. The fourth-order valence-electron chi connectivity index (χ4n) is 5.38. The fourth-order valence-corrected chi connectivity index (χ4v) is 5.38. The monoisotopic (exact) mass is 420 g/mol. The van der Waals surface area contributed by atoms with E-state index in [9.17, 15) is 4.79 Å². The molecule has 2 aliphatic rings. The van der Waals surface area contributed by atoms with Crippen molar-refractivity contribution in [2.24, 2.45) is 0 Å². The summed E-state index contributed by atoms with van der Waals surface area (Å²) in [5, 5.41) is 0. The van der Waals surface area contributed by atoms with E-state index in [-0.39, 0.29) is 5.91 Å². The third-order valence-corrected chi connectivity index (χ3v) is 7.52. The van der Waals surface area contributed by atoms with Crippen LogP contribution in [0.2, 0.25) is 0 Å². The number of likely N-dealkylation sites (tertiary alicyclic amines) is 1. The minimum Gasteiger partial charge on any atom is -0.370 e. The zero-order chi connectivity index (χ0) is 21.8. The molecule has 4 nitrogen and oxygen atoms in total. The molecule has 1 aliphatic carbocycles. The molecule has 0 N–H and O–H groups in total. The van der Waals surface area contributed by atoms with Gasteiger partial charge < -0.3 is 14.5 Å². The molecule has 1 aliphatic heterocycles. The zero-order valence-corrected chi connectivity index (χ0v) is 19.2. The summed E-state index contributed by atoms with van der Waals surface area (Å²) in [6, 6.07) is 19.7. The van der Waals surface area contributed by atoms with Gasteiger partial charge in [0.05, 0.1) is 0 Å². The molecule has 0 bridgehead atoms. The number of carbonyl (C=O) groups excluding carboxylic acids is 1. The summed E-state index contributed by atoms with van der Waals surface area (Å²) >= 11 is 0. The van der Waals surface area contributed by atoms with Crippen molar-refractivity contribution in [3.63, 3.8) is 0 Å². The largest absolute Gasteiger partial charge is 0.370 e. The Kier molecular flexibility index (Phi) is 6.66. The first-order chi connectivity index (χ1) is 15.0. The SMILES string of the molecule is COC1(C(=O)N2CCCC(N(C)c3ccc(C)cc3)C2)CCC(c2ccccc2)CC1. The first-order valence-corrected chi connectivity index (χ1v) is 11.7. The Morgan fingerprint density at radius 1 is 1.03 bits per heavy atom. The van der Waals surface area contributed by atoms with Gasteiger partial charge in [-0.05, 0) is 69.1 Å². The highest BCUT2D eigenvalue weighted by Gasteiger charge is 2.45. The van der Waals surface area contributed by atoms with Crippen LogP contribution in [-0.2, 0) is 9.53 Å². The quantitative estimate of drug-likeness (QED) is 0.669. The molecule has 0 aromatic heterocycles. The molecule has 2 aromatic carbocycles. The third kappa shape index (κ3) is 4.64. The van der Waals surface area contributed by atoms with Crippen molar-refractivity contribution in [3.8, 4) is 0 Å². The lowest BCUT2D eigenvalue weighted by Gasteiger charge is -2.44. The number of carbonyl (C=O) groups is 1. The van der Waals surface area contributed by atoms with Crippen LogP contribution < -0.4 is 4.90 Å². The molecule has 4 rings (SSSR count). The van der Waals surface area contributed by atoms with E-state index in [1.54, 1.807) is 7.11 Å². The van der Waals surface area contributed by atoms with E-state index in [0.717, 1.165) is 51.6 Å². The van der Waals surface area contributed by atoms with E-state index in [2.05, 4.69) is 78.4 Å². The molecule has 0 radical (unpaired) electrons. The maximum atomic E-state index is 13.7. The standard InChI is InChI=1S/C27H36N2O2/c1-21-11-13-24(14-12-21)28(2)25-10-7-19-29(20-25)26(30)27(31-3)17-15-23(16-18-27)22-8-5-4-6-9-22/h4-6,8-9,11-14,23,25H,7,10,15-20H2,1-3H3. The number of benzene rings is 2. The molecular formula is C27H36N2O2. The molecular weight excluding hydrogens is 384 g/mol. The first-order valence-electron chi connectivity index (χ1n) is 11.7. The van der Waals surface area contributed by atoms with Gasteiger partial charge in [-0.1, -0.05) is 48.0 Å². The summed E-state index contributed by atoms with van der Waals surface area (Å²) < 4.78 is 5.97. The minimum atomic E-state index is -0.657. The van der Waals surface area contributed by atoms with Gasteiger partial charge in [0.15, 0.2) is 0 Å². The van der Waals surface area contributed by atoms with E-state index < -0.39 is 5.60 Å². The highest BCUT2D eigenvalue weighted by Crippen LogP contribution is 2.41. The van der Waals surface area contributed by atoms with Crippen LogP contribution in [0, 0.1) is 6.92 Å². The minimum absolute atomic E-state index is 0.198. The number of anilines is 1. The molecule has 31 heavy (non-hydrogen) atoms. The van der Waals surface area contributed by atoms with Gasteiger partial charge in [0.25, 0.3) is 5.91 Å². The number of rotatable bonds is 5. The van der Waals surface area contributed by atoms with Gasteiger partial charge in [-0.15, -0.1) is 0 Å². The summed E-state index contributed by atoms with van der Waals surface area (Å²) in [5.74, 6) is 0.725. The van der Waals surface area contributed by atoms with Crippen LogP contribution in [0.4, 0.5) is 5.69 Å². The van der Waals surface area contributed by atoms with Crippen molar-refractivity contribution in [3.05, 3.63) is 65.7 Å². The number of methoxy groups -OCH3 is 1. The van der Waals surface area contributed by atoms with E-state index in [1.165, 1.54) is 16.8 Å². The smallest absolute Gasteiger partial charge is 0.254 e. The number of hydrogen-bond acceptors (Lipinski definition) is 3. The van der Waals surface area contributed by atoms with Gasteiger partial charge in [0.2, 0.25) is 0 Å². The van der Waals surface area contributed by atoms with E-state index in [0.29, 0.717) is 12.0 Å². The lowest BCUT2D eigenvalue weighted by Crippen LogP contribution is -2.57. The lowest BCUT2D eigenvalue weighted by molar-refractivity contribution is -0.160. The van der Waals surface area contributed by atoms with Gasteiger partial charge >= 0.3 is 0 Å². The number of likely N-dealkylation sites (N-methyl/N-ethyl adjacent to an activating group) is 1. The van der Waals surface area contributed by atoms with Crippen molar-refractivity contribution in [2.75, 3.05) is 32.1 Å². The molecule has 2 aromatic rings. The Labute approximate surface area is 187 Å². The molecule has 1 saturated heterocycles. The van der Waals surface area contributed by atoms with Crippen molar-refractivity contribution in [2.45, 2.75) is 63.0 Å². The van der Waals surface area contributed by atoms with Crippen molar-refractivity contribution >= 4 is 11.6 Å². The summed E-state index contributed by atoms with van der Waals surface area (Å²) in [5.41, 5.74) is 3.22. The van der Waals surface area contributed by atoms with Crippen molar-refractivity contribution < 1.29 is 9.53 Å². The fraction of sp³-hybridized carbons (Fsp3) is 0.519. The average molecular weight is 421 g/mol. The molecule has 1 saturated carbocycles. The Hall–Kier alpha value is -2.33. The number of amides is 1. The molecule has 1 unspecified atom stereocenters. The molecule has 2 fully saturated rings.